The molecule has 1 atom stereocenters. The van der Waals surface area contributed by atoms with Crippen molar-refractivity contribution in [2.45, 2.75) is 6.10 Å². The van der Waals surface area contributed by atoms with Gasteiger partial charge in [-0.3, -0.25) is 0 Å². The Kier molecular flexibility index (Phi) is 2.45. The number of hydrogen-bond acceptors (Lipinski definition) is 4. The maximum Gasteiger partial charge on any atom is 0.203 e. The average Bonchev–Trinajstić information content (AvgIpc) is 2.27. The Bertz CT molecular complexity index is 327. The fourth-order valence-corrected chi connectivity index (χ4v) is 1.40. The summed E-state index contributed by atoms with van der Waals surface area (Å²) in [6.07, 6.45) is -0.0605. The lowest BCUT2D eigenvalue weighted by atomic mass is 10.2. The molecule has 4 heteroatoms. The van der Waals surface area contributed by atoms with E-state index in [2.05, 4.69) is 0 Å². The van der Waals surface area contributed by atoms with Crippen LogP contribution in [0.5, 0.6) is 17.2 Å². The predicted molar refractivity (Wildman–Crippen MR) is 52.0 cm³/mol. The second kappa shape index (κ2) is 3.75. The van der Waals surface area contributed by atoms with Gasteiger partial charge in [-0.25, -0.2) is 0 Å². The lowest BCUT2D eigenvalue weighted by Gasteiger charge is -2.26. The number of nitrogens with two attached hydrogens (primary N) is 1. The molecule has 14 heavy (non-hydrogen) atoms. The van der Waals surface area contributed by atoms with Gasteiger partial charge < -0.3 is 19.9 Å². The molecule has 1 aromatic carbocycles. The van der Waals surface area contributed by atoms with E-state index in [-0.39, 0.29) is 6.10 Å². The second-order valence-corrected chi connectivity index (χ2v) is 3.07. The zero-order valence-electron chi connectivity index (χ0n) is 8.03. The molecule has 0 saturated carbocycles. The highest BCUT2D eigenvalue weighted by Crippen LogP contribution is 2.39. The summed E-state index contributed by atoms with van der Waals surface area (Å²) in [6.45, 7) is 0.931. The number of methoxy groups -OCH3 is 1. The molecular formula is C10H13NO3. The highest BCUT2D eigenvalue weighted by atomic mass is 16.6. The number of ether oxygens (including phenoxy) is 3. The van der Waals surface area contributed by atoms with Crippen LogP contribution in [0.4, 0.5) is 0 Å². The van der Waals surface area contributed by atoms with Crippen LogP contribution in [0.3, 0.4) is 0 Å². The first-order valence-electron chi connectivity index (χ1n) is 4.51. The van der Waals surface area contributed by atoms with Gasteiger partial charge in [0.2, 0.25) is 5.75 Å². The average molecular weight is 195 g/mol. The van der Waals surface area contributed by atoms with E-state index in [1.54, 1.807) is 7.11 Å². The lowest BCUT2D eigenvalue weighted by molar-refractivity contribution is 0.0935. The molecule has 0 saturated heterocycles. The summed E-state index contributed by atoms with van der Waals surface area (Å²) < 4.78 is 16.3. The minimum atomic E-state index is -0.0605. The van der Waals surface area contributed by atoms with Gasteiger partial charge in [-0.15, -0.1) is 0 Å². The van der Waals surface area contributed by atoms with Gasteiger partial charge in [0, 0.05) is 6.54 Å². The zero-order valence-corrected chi connectivity index (χ0v) is 8.03. The van der Waals surface area contributed by atoms with E-state index in [1.165, 1.54) is 0 Å². The molecule has 1 heterocycles. The first kappa shape index (κ1) is 9.15. The third-order valence-corrected chi connectivity index (χ3v) is 2.13. The van der Waals surface area contributed by atoms with Crippen LogP contribution in [-0.2, 0) is 0 Å². The summed E-state index contributed by atoms with van der Waals surface area (Å²) in [7, 11) is 1.61. The summed E-state index contributed by atoms with van der Waals surface area (Å²) in [6, 6.07) is 5.55. The molecule has 1 unspecified atom stereocenters. The van der Waals surface area contributed by atoms with Crippen molar-refractivity contribution in [1.82, 2.24) is 0 Å². The largest absolute Gasteiger partial charge is 0.493 e. The Morgan fingerprint density at radius 3 is 3.14 bits per heavy atom. The lowest BCUT2D eigenvalue weighted by Crippen LogP contribution is -2.35. The summed E-state index contributed by atoms with van der Waals surface area (Å²) in [5.74, 6) is 2.06. The second-order valence-electron chi connectivity index (χ2n) is 3.07. The van der Waals surface area contributed by atoms with Crippen molar-refractivity contribution in [3.8, 4) is 17.2 Å². The molecular weight excluding hydrogens is 182 g/mol. The number of rotatable bonds is 2. The van der Waals surface area contributed by atoms with Crippen molar-refractivity contribution < 1.29 is 14.2 Å². The molecule has 4 nitrogen and oxygen atoms in total. The Morgan fingerprint density at radius 1 is 1.57 bits per heavy atom. The normalized spacial score (nSPS) is 19.1. The van der Waals surface area contributed by atoms with Crippen molar-refractivity contribution in [2.24, 2.45) is 5.73 Å². The van der Waals surface area contributed by atoms with Crippen LogP contribution < -0.4 is 19.9 Å². The van der Waals surface area contributed by atoms with E-state index >= 15 is 0 Å². The Balaban J connectivity index is 2.30. The Hall–Kier alpha value is -1.42. The highest BCUT2D eigenvalue weighted by Gasteiger charge is 2.22. The van der Waals surface area contributed by atoms with E-state index in [0.717, 1.165) is 0 Å². The summed E-state index contributed by atoms with van der Waals surface area (Å²) in [5, 5.41) is 0. The zero-order chi connectivity index (χ0) is 9.97. The quantitative estimate of drug-likeness (QED) is 0.758. The smallest absolute Gasteiger partial charge is 0.203 e. The van der Waals surface area contributed by atoms with E-state index in [0.29, 0.717) is 30.4 Å². The molecule has 1 aliphatic heterocycles. The molecule has 0 aliphatic carbocycles. The fourth-order valence-electron chi connectivity index (χ4n) is 1.40. The van der Waals surface area contributed by atoms with Crippen LogP contribution >= 0.6 is 0 Å². The van der Waals surface area contributed by atoms with E-state index in [4.69, 9.17) is 19.9 Å². The van der Waals surface area contributed by atoms with Gasteiger partial charge in [0.05, 0.1) is 7.11 Å². The Labute approximate surface area is 82.6 Å². The SMILES string of the molecule is COc1cccc2c1OCC(CN)O2. The molecule has 2 N–H and O–H groups in total. The van der Waals surface area contributed by atoms with Crippen molar-refractivity contribution >= 4 is 0 Å². The summed E-state index contributed by atoms with van der Waals surface area (Å²) in [5.41, 5.74) is 5.49. The highest BCUT2D eigenvalue weighted by molar-refractivity contribution is 5.51. The molecule has 0 aromatic heterocycles. The van der Waals surface area contributed by atoms with Gasteiger partial charge >= 0.3 is 0 Å². The number of fused-ring (bicyclic) bond motifs is 1. The third-order valence-electron chi connectivity index (χ3n) is 2.13. The number of para-hydroxylation sites is 1. The Morgan fingerprint density at radius 2 is 2.43 bits per heavy atom. The van der Waals surface area contributed by atoms with Crippen molar-refractivity contribution in [1.29, 1.82) is 0 Å². The first-order valence-corrected chi connectivity index (χ1v) is 4.51. The van der Waals surface area contributed by atoms with E-state index in [1.807, 2.05) is 18.2 Å². The van der Waals surface area contributed by atoms with Gasteiger partial charge in [0.25, 0.3) is 0 Å². The minimum absolute atomic E-state index is 0.0605. The minimum Gasteiger partial charge on any atom is -0.493 e. The van der Waals surface area contributed by atoms with Crippen molar-refractivity contribution in [3.63, 3.8) is 0 Å². The van der Waals surface area contributed by atoms with Crippen molar-refractivity contribution in [2.75, 3.05) is 20.3 Å². The molecule has 1 aromatic rings. The monoisotopic (exact) mass is 195 g/mol. The van der Waals surface area contributed by atoms with Crippen LogP contribution in [0.15, 0.2) is 18.2 Å². The molecule has 0 radical (unpaired) electrons. The molecule has 0 spiro atoms. The molecule has 0 amide bonds. The third kappa shape index (κ3) is 1.48. The van der Waals surface area contributed by atoms with Crippen LogP contribution in [-0.4, -0.2) is 26.4 Å². The molecule has 2 rings (SSSR count). The van der Waals surface area contributed by atoms with E-state index < -0.39 is 0 Å². The van der Waals surface area contributed by atoms with Gasteiger partial charge in [-0.05, 0) is 12.1 Å². The van der Waals surface area contributed by atoms with Crippen LogP contribution in [0.2, 0.25) is 0 Å². The standard InChI is InChI=1S/C10H13NO3/c1-12-8-3-2-4-9-10(8)13-6-7(5-11)14-9/h2-4,7H,5-6,11H2,1H3. The maximum atomic E-state index is 5.59. The summed E-state index contributed by atoms with van der Waals surface area (Å²) in [4.78, 5) is 0. The van der Waals surface area contributed by atoms with Crippen LogP contribution in [0.25, 0.3) is 0 Å². The number of benzene rings is 1. The van der Waals surface area contributed by atoms with Crippen LogP contribution in [0, 0.1) is 0 Å². The predicted octanol–water partition coefficient (Wildman–Crippen LogP) is 0.794. The van der Waals surface area contributed by atoms with Gasteiger partial charge in [-0.2, -0.15) is 0 Å². The van der Waals surface area contributed by atoms with Crippen LogP contribution in [0.1, 0.15) is 0 Å². The summed E-state index contributed by atoms with van der Waals surface area (Å²) >= 11 is 0. The molecule has 0 fully saturated rings. The van der Waals surface area contributed by atoms with Crippen molar-refractivity contribution in [3.05, 3.63) is 18.2 Å². The fraction of sp³-hybridized carbons (Fsp3) is 0.400. The number of hydrogen-bond donors (Lipinski definition) is 1. The molecule has 1 aliphatic rings. The molecule has 0 bridgehead atoms. The first-order chi connectivity index (χ1) is 6.85. The van der Waals surface area contributed by atoms with E-state index in [9.17, 15) is 0 Å². The molecule has 76 valence electrons. The van der Waals surface area contributed by atoms with Gasteiger partial charge in [0.1, 0.15) is 12.7 Å². The van der Waals surface area contributed by atoms with Gasteiger partial charge in [0.15, 0.2) is 11.5 Å². The van der Waals surface area contributed by atoms with Gasteiger partial charge in [-0.1, -0.05) is 6.07 Å². The maximum absolute atomic E-state index is 5.59. The topological polar surface area (TPSA) is 53.7 Å².